The second-order valence-electron chi connectivity index (χ2n) is 7.79. The minimum Gasteiger partial charge on any atom is -0.408 e. The number of oxazole rings is 1. The smallest absolute Gasteiger partial charge is 0.408 e. The summed E-state index contributed by atoms with van der Waals surface area (Å²) < 4.78 is 6.73. The van der Waals surface area contributed by atoms with Gasteiger partial charge in [-0.05, 0) is 69.4 Å². The first-order valence-corrected chi connectivity index (χ1v) is 9.02. The maximum Gasteiger partial charge on any atom is 0.420 e. The second-order valence-corrected chi connectivity index (χ2v) is 7.79. The average molecular weight is 343 g/mol. The van der Waals surface area contributed by atoms with Crippen molar-refractivity contribution in [2.45, 2.75) is 32.7 Å². The van der Waals surface area contributed by atoms with E-state index in [1.54, 1.807) is 6.07 Å². The van der Waals surface area contributed by atoms with Gasteiger partial charge in [-0.25, -0.2) is 4.79 Å². The van der Waals surface area contributed by atoms with Crippen molar-refractivity contribution in [3.8, 4) is 0 Å². The van der Waals surface area contributed by atoms with E-state index in [1.807, 2.05) is 24.0 Å². The van der Waals surface area contributed by atoms with Crippen LogP contribution in [0.25, 0.3) is 11.1 Å². The molecule has 2 aliphatic rings. The van der Waals surface area contributed by atoms with Crippen LogP contribution in [0, 0.1) is 12.3 Å². The molecule has 2 aliphatic heterocycles. The molecule has 0 atom stereocenters. The van der Waals surface area contributed by atoms with Crippen molar-refractivity contribution in [3.63, 3.8) is 0 Å². The lowest BCUT2D eigenvalue weighted by molar-refractivity contribution is -0.131. The molecule has 134 valence electrons. The maximum absolute atomic E-state index is 12.8. The van der Waals surface area contributed by atoms with Crippen LogP contribution in [0.1, 0.15) is 24.8 Å². The summed E-state index contributed by atoms with van der Waals surface area (Å²) in [6.07, 6.45) is 3.38. The number of carbonyl (C=O) groups is 1. The van der Waals surface area contributed by atoms with Crippen molar-refractivity contribution in [3.05, 3.63) is 34.3 Å². The van der Waals surface area contributed by atoms with E-state index in [4.69, 9.17) is 4.42 Å². The minimum absolute atomic E-state index is 0.0158. The molecule has 2 aromatic rings. The highest BCUT2D eigenvalue weighted by molar-refractivity contribution is 5.80. The van der Waals surface area contributed by atoms with Gasteiger partial charge in [0, 0.05) is 13.1 Å². The van der Waals surface area contributed by atoms with Gasteiger partial charge in [-0.15, -0.1) is 0 Å². The lowest BCUT2D eigenvalue weighted by atomic mass is 9.78. The van der Waals surface area contributed by atoms with Gasteiger partial charge in [-0.2, -0.15) is 0 Å². The Bertz CT molecular complexity index is 858. The number of benzene rings is 1. The van der Waals surface area contributed by atoms with Gasteiger partial charge in [0.05, 0.1) is 5.52 Å². The number of nitrogens with zero attached hydrogens (tertiary/aromatic N) is 3. The molecule has 0 saturated carbocycles. The third-order valence-corrected chi connectivity index (χ3v) is 5.96. The van der Waals surface area contributed by atoms with E-state index >= 15 is 0 Å². The summed E-state index contributed by atoms with van der Waals surface area (Å²) in [4.78, 5) is 29.2. The molecule has 3 heterocycles. The van der Waals surface area contributed by atoms with Crippen LogP contribution >= 0.6 is 0 Å². The first-order valence-electron chi connectivity index (χ1n) is 9.02. The van der Waals surface area contributed by atoms with Gasteiger partial charge in [-0.1, -0.05) is 6.07 Å². The number of piperidine rings is 1. The van der Waals surface area contributed by atoms with E-state index in [2.05, 4.69) is 11.9 Å². The van der Waals surface area contributed by atoms with Crippen LogP contribution in [-0.4, -0.2) is 53.5 Å². The first-order chi connectivity index (χ1) is 12.0. The van der Waals surface area contributed by atoms with Gasteiger partial charge in [0.15, 0.2) is 5.58 Å². The SMILES string of the molecule is Cc1ccc2oc(=O)n(CC(=O)N3CCC4(CCN(C)CC4)C3)c2c1. The van der Waals surface area contributed by atoms with Crippen LogP contribution < -0.4 is 5.76 Å². The lowest BCUT2D eigenvalue weighted by Crippen LogP contribution is -2.41. The van der Waals surface area contributed by atoms with Gasteiger partial charge in [0.2, 0.25) is 5.91 Å². The van der Waals surface area contributed by atoms with Gasteiger partial charge in [0.1, 0.15) is 6.54 Å². The third-order valence-electron chi connectivity index (χ3n) is 5.96. The van der Waals surface area contributed by atoms with Crippen molar-refractivity contribution in [2.24, 2.45) is 5.41 Å². The molecular formula is C19H25N3O3. The number of rotatable bonds is 2. The fourth-order valence-corrected chi connectivity index (χ4v) is 4.21. The Kier molecular flexibility index (Phi) is 3.95. The highest BCUT2D eigenvalue weighted by Crippen LogP contribution is 2.40. The third kappa shape index (κ3) is 2.99. The van der Waals surface area contributed by atoms with Crippen molar-refractivity contribution in [1.82, 2.24) is 14.4 Å². The number of fused-ring (bicyclic) bond motifs is 1. The molecule has 0 radical (unpaired) electrons. The molecule has 0 unspecified atom stereocenters. The van der Waals surface area contributed by atoms with Crippen LogP contribution in [0.15, 0.2) is 27.4 Å². The van der Waals surface area contributed by atoms with Gasteiger partial charge in [0.25, 0.3) is 0 Å². The Morgan fingerprint density at radius 2 is 1.92 bits per heavy atom. The predicted octanol–water partition coefficient (Wildman–Crippen LogP) is 1.85. The quantitative estimate of drug-likeness (QED) is 0.835. The van der Waals surface area contributed by atoms with Gasteiger partial charge >= 0.3 is 5.76 Å². The van der Waals surface area contributed by atoms with Crippen LogP contribution in [0.5, 0.6) is 0 Å². The molecule has 6 nitrogen and oxygen atoms in total. The number of hydrogen-bond donors (Lipinski definition) is 0. The molecule has 6 heteroatoms. The molecule has 1 aromatic heterocycles. The molecule has 1 aromatic carbocycles. The van der Waals surface area contributed by atoms with Crippen LogP contribution in [0.4, 0.5) is 0 Å². The monoisotopic (exact) mass is 343 g/mol. The normalized spacial score (nSPS) is 20.6. The molecule has 0 aliphatic carbocycles. The largest absolute Gasteiger partial charge is 0.420 e. The minimum atomic E-state index is -0.456. The Balaban J connectivity index is 1.51. The molecule has 2 saturated heterocycles. The van der Waals surface area contributed by atoms with Crippen LogP contribution in [0.2, 0.25) is 0 Å². The fraction of sp³-hybridized carbons (Fsp3) is 0.579. The van der Waals surface area contributed by atoms with Crippen molar-refractivity contribution in [2.75, 3.05) is 33.2 Å². The highest BCUT2D eigenvalue weighted by Gasteiger charge is 2.41. The first kappa shape index (κ1) is 16.4. The zero-order chi connectivity index (χ0) is 17.6. The maximum atomic E-state index is 12.8. The average Bonchev–Trinajstić information content (AvgIpc) is 3.13. The van der Waals surface area contributed by atoms with E-state index in [9.17, 15) is 9.59 Å². The summed E-state index contributed by atoms with van der Waals surface area (Å²) in [5, 5.41) is 0. The Morgan fingerprint density at radius 3 is 2.68 bits per heavy atom. The van der Waals surface area contributed by atoms with Gasteiger partial charge in [-0.3, -0.25) is 9.36 Å². The summed E-state index contributed by atoms with van der Waals surface area (Å²) in [7, 11) is 2.16. The summed E-state index contributed by atoms with van der Waals surface area (Å²) in [6.45, 7) is 5.86. The zero-order valence-electron chi connectivity index (χ0n) is 15.0. The highest BCUT2D eigenvalue weighted by atomic mass is 16.4. The number of likely N-dealkylation sites (tertiary alicyclic amines) is 2. The Labute approximate surface area is 147 Å². The molecule has 0 N–H and O–H groups in total. The van der Waals surface area contributed by atoms with E-state index in [0.29, 0.717) is 11.1 Å². The van der Waals surface area contributed by atoms with Crippen molar-refractivity contribution >= 4 is 17.0 Å². The van der Waals surface area contributed by atoms with Crippen molar-refractivity contribution < 1.29 is 9.21 Å². The molecule has 4 rings (SSSR count). The summed E-state index contributed by atoms with van der Waals surface area (Å²) in [5.74, 6) is -0.440. The predicted molar refractivity (Wildman–Crippen MR) is 95.6 cm³/mol. The van der Waals surface area contributed by atoms with E-state index < -0.39 is 5.76 Å². The van der Waals surface area contributed by atoms with Crippen LogP contribution in [-0.2, 0) is 11.3 Å². The molecule has 0 bridgehead atoms. The van der Waals surface area contributed by atoms with E-state index in [0.717, 1.165) is 51.0 Å². The lowest BCUT2D eigenvalue weighted by Gasteiger charge is -2.37. The number of amides is 1. The van der Waals surface area contributed by atoms with E-state index in [1.165, 1.54) is 4.57 Å². The number of carbonyl (C=O) groups excluding carboxylic acids is 1. The van der Waals surface area contributed by atoms with Gasteiger partial charge < -0.3 is 14.2 Å². The molecule has 2 fully saturated rings. The number of aryl methyl sites for hydroxylation is 1. The number of aromatic nitrogens is 1. The van der Waals surface area contributed by atoms with E-state index in [-0.39, 0.29) is 17.9 Å². The molecule has 25 heavy (non-hydrogen) atoms. The summed E-state index contributed by atoms with van der Waals surface area (Å²) in [6, 6.07) is 5.59. The number of hydrogen-bond acceptors (Lipinski definition) is 4. The molecular weight excluding hydrogens is 318 g/mol. The summed E-state index contributed by atoms with van der Waals surface area (Å²) >= 11 is 0. The Morgan fingerprint density at radius 1 is 1.20 bits per heavy atom. The fourth-order valence-electron chi connectivity index (χ4n) is 4.21. The molecule has 1 spiro atoms. The van der Waals surface area contributed by atoms with Crippen molar-refractivity contribution in [1.29, 1.82) is 0 Å². The second kappa shape index (κ2) is 6.02. The standard InChI is InChI=1S/C19H25N3O3/c1-14-3-4-16-15(11-14)22(18(24)25-16)12-17(23)21-10-7-19(13-21)5-8-20(2)9-6-19/h3-4,11H,5-10,12-13H2,1-2H3. The van der Waals surface area contributed by atoms with Crippen LogP contribution in [0.3, 0.4) is 0 Å². The Hall–Kier alpha value is -2.08. The molecule has 1 amide bonds. The topological polar surface area (TPSA) is 58.7 Å². The zero-order valence-corrected chi connectivity index (χ0v) is 15.0. The summed E-state index contributed by atoms with van der Waals surface area (Å²) in [5.41, 5.74) is 2.56.